The summed E-state index contributed by atoms with van der Waals surface area (Å²) in [5.41, 5.74) is 0. The van der Waals surface area contributed by atoms with Crippen LogP contribution in [0, 0.1) is 0 Å². The van der Waals surface area contributed by atoms with Crippen molar-refractivity contribution in [3.8, 4) is 0 Å². The van der Waals surface area contributed by atoms with Gasteiger partial charge in [0.1, 0.15) is 0 Å². The third-order valence-electron chi connectivity index (χ3n) is 4.08. The lowest BCUT2D eigenvalue weighted by Gasteiger charge is -2.28. The summed E-state index contributed by atoms with van der Waals surface area (Å²) in [6.07, 6.45) is 4.01. The van der Waals surface area contributed by atoms with Crippen LogP contribution in [0.4, 0.5) is 0 Å². The largest absolute Gasteiger partial charge is 0.395 e. The molecule has 100 valence electrons. The van der Waals surface area contributed by atoms with E-state index in [1.54, 1.807) is 0 Å². The standard InChI is InChI=1S/C13H27N3O/c1-2-14-12(11-17)9-15-6-4-8-16-7-3-5-13(16)10-15/h12-14,17H,2-11H2,1H3. The Bertz CT molecular complexity index is 225. The lowest BCUT2D eigenvalue weighted by atomic mass is 10.2. The highest BCUT2D eigenvalue weighted by atomic mass is 16.3. The number of nitrogens with zero attached hydrogens (tertiary/aromatic N) is 2. The molecule has 0 spiro atoms. The normalized spacial score (nSPS) is 28.9. The molecule has 2 N–H and O–H groups in total. The van der Waals surface area contributed by atoms with E-state index in [2.05, 4.69) is 22.0 Å². The third-order valence-corrected chi connectivity index (χ3v) is 4.08. The van der Waals surface area contributed by atoms with E-state index in [-0.39, 0.29) is 12.6 Å². The average Bonchev–Trinajstić information content (AvgIpc) is 2.68. The summed E-state index contributed by atoms with van der Waals surface area (Å²) in [4.78, 5) is 5.20. The number of hydrogen-bond acceptors (Lipinski definition) is 4. The van der Waals surface area contributed by atoms with Gasteiger partial charge < -0.3 is 15.3 Å². The molecule has 2 unspecified atom stereocenters. The molecule has 0 bridgehead atoms. The molecule has 2 fully saturated rings. The van der Waals surface area contributed by atoms with Gasteiger partial charge in [-0.05, 0) is 45.4 Å². The minimum atomic E-state index is 0.243. The number of likely N-dealkylation sites (N-methyl/N-ethyl adjacent to an activating group) is 1. The first-order chi connectivity index (χ1) is 8.33. The molecule has 2 rings (SSSR count). The van der Waals surface area contributed by atoms with Crippen LogP contribution in [0.15, 0.2) is 0 Å². The fourth-order valence-electron chi connectivity index (χ4n) is 3.24. The average molecular weight is 241 g/mol. The summed E-state index contributed by atoms with van der Waals surface area (Å²) < 4.78 is 0. The van der Waals surface area contributed by atoms with Crippen LogP contribution in [0.25, 0.3) is 0 Å². The predicted molar refractivity (Wildman–Crippen MR) is 70.2 cm³/mol. The van der Waals surface area contributed by atoms with E-state index in [9.17, 15) is 5.11 Å². The van der Waals surface area contributed by atoms with Gasteiger partial charge in [0.2, 0.25) is 0 Å². The molecule has 2 saturated heterocycles. The summed E-state index contributed by atoms with van der Waals surface area (Å²) in [6, 6.07) is 1.02. The van der Waals surface area contributed by atoms with Gasteiger partial charge in [0, 0.05) is 25.2 Å². The van der Waals surface area contributed by atoms with Crippen molar-refractivity contribution in [2.24, 2.45) is 0 Å². The zero-order chi connectivity index (χ0) is 12.1. The van der Waals surface area contributed by atoms with E-state index in [0.717, 1.165) is 19.1 Å². The van der Waals surface area contributed by atoms with Crippen LogP contribution < -0.4 is 5.32 Å². The van der Waals surface area contributed by atoms with Crippen LogP contribution in [-0.2, 0) is 0 Å². The molecule has 2 atom stereocenters. The second-order valence-corrected chi connectivity index (χ2v) is 5.38. The Hall–Kier alpha value is -0.160. The lowest BCUT2D eigenvalue weighted by Crippen LogP contribution is -2.46. The number of fused-ring (bicyclic) bond motifs is 1. The lowest BCUT2D eigenvalue weighted by molar-refractivity contribution is 0.170. The van der Waals surface area contributed by atoms with Gasteiger partial charge in [-0.15, -0.1) is 0 Å². The molecule has 0 radical (unpaired) electrons. The molecule has 0 aromatic carbocycles. The smallest absolute Gasteiger partial charge is 0.0597 e. The van der Waals surface area contributed by atoms with Crippen LogP contribution in [0.5, 0.6) is 0 Å². The molecule has 2 heterocycles. The van der Waals surface area contributed by atoms with E-state index in [1.165, 1.54) is 45.4 Å². The van der Waals surface area contributed by atoms with Crippen LogP contribution in [0.1, 0.15) is 26.2 Å². The van der Waals surface area contributed by atoms with Gasteiger partial charge in [-0.3, -0.25) is 4.90 Å². The quantitative estimate of drug-likeness (QED) is 0.717. The Morgan fingerprint density at radius 1 is 1.29 bits per heavy atom. The number of aliphatic hydroxyl groups excluding tert-OH is 1. The minimum Gasteiger partial charge on any atom is -0.395 e. The Balaban J connectivity index is 1.83. The van der Waals surface area contributed by atoms with Gasteiger partial charge in [0.15, 0.2) is 0 Å². The molecule has 0 amide bonds. The maximum Gasteiger partial charge on any atom is 0.0597 e. The Morgan fingerprint density at radius 3 is 2.88 bits per heavy atom. The molecule has 0 aliphatic carbocycles. The summed E-state index contributed by atoms with van der Waals surface area (Å²) in [5, 5.41) is 12.7. The van der Waals surface area contributed by atoms with E-state index >= 15 is 0 Å². The van der Waals surface area contributed by atoms with Crippen molar-refractivity contribution in [2.45, 2.75) is 38.3 Å². The minimum absolute atomic E-state index is 0.243. The molecular formula is C13H27N3O. The summed E-state index contributed by atoms with van der Waals surface area (Å²) in [6.45, 7) is 9.24. The fourth-order valence-corrected chi connectivity index (χ4v) is 3.24. The van der Waals surface area contributed by atoms with Crippen molar-refractivity contribution in [3.63, 3.8) is 0 Å². The summed E-state index contributed by atoms with van der Waals surface area (Å²) in [5.74, 6) is 0. The number of rotatable bonds is 5. The first-order valence-electron chi connectivity index (χ1n) is 7.14. The Labute approximate surface area is 105 Å². The zero-order valence-corrected chi connectivity index (χ0v) is 11.1. The van der Waals surface area contributed by atoms with Gasteiger partial charge in [0.25, 0.3) is 0 Å². The number of aliphatic hydroxyl groups is 1. The monoisotopic (exact) mass is 241 g/mol. The topological polar surface area (TPSA) is 38.7 Å². The van der Waals surface area contributed by atoms with E-state index < -0.39 is 0 Å². The first-order valence-corrected chi connectivity index (χ1v) is 7.14. The first kappa shape index (κ1) is 13.3. The van der Waals surface area contributed by atoms with Crippen LogP contribution in [-0.4, -0.2) is 72.9 Å². The van der Waals surface area contributed by atoms with Gasteiger partial charge in [-0.1, -0.05) is 6.92 Å². The summed E-state index contributed by atoms with van der Waals surface area (Å²) in [7, 11) is 0. The van der Waals surface area contributed by atoms with E-state index in [4.69, 9.17) is 0 Å². The van der Waals surface area contributed by atoms with Crippen LogP contribution >= 0.6 is 0 Å². The molecule has 0 saturated carbocycles. The van der Waals surface area contributed by atoms with Gasteiger partial charge in [-0.25, -0.2) is 0 Å². The molecule has 2 aliphatic heterocycles. The number of hydrogen-bond donors (Lipinski definition) is 2. The maximum atomic E-state index is 9.35. The highest BCUT2D eigenvalue weighted by Gasteiger charge is 2.29. The van der Waals surface area contributed by atoms with Gasteiger partial charge in [0.05, 0.1) is 6.61 Å². The SMILES string of the molecule is CCNC(CO)CN1CCCN2CCCC2C1. The van der Waals surface area contributed by atoms with Crippen molar-refractivity contribution >= 4 is 0 Å². The van der Waals surface area contributed by atoms with Crippen molar-refractivity contribution in [2.75, 3.05) is 45.9 Å². The second-order valence-electron chi connectivity index (χ2n) is 5.38. The van der Waals surface area contributed by atoms with E-state index in [1.807, 2.05) is 0 Å². The highest BCUT2D eigenvalue weighted by molar-refractivity contribution is 4.86. The molecule has 0 aromatic rings. The van der Waals surface area contributed by atoms with Crippen molar-refractivity contribution in [3.05, 3.63) is 0 Å². The van der Waals surface area contributed by atoms with Crippen LogP contribution in [0.3, 0.4) is 0 Å². The molecule has 2 aliphatic rings. The van der Waals surface area contributed by atoms with Crippen molar-refractivity contribution in [1.29, 1.82) is 0 Å². The second kappa shape index (κ2) is 6.69. The summed E-state index contributed by atoms with van der Waals surface area (Å²) >= 11 is 0. The van der Waals surface area contributed by atoms with E-state index in [0.29, 0.717) is 0 Å². The van der Waals surface area contributed by atoms with Crippen molar-refractivity contribution < 1.29 is 5.11 Å². The molecule has 0 aromatic heterocycles. The van der Waals surface area contributed by atoms with Crippen molar-refractivity contribution in [1.82, 2.24) is 15.1 Å². The highest BCUT2D eigenvalue weighted by Crippen LogP contribution is 2.21. The molecule has 17 heavy (non-hydrogen) atoms. The molecular weight excluding hydrogens is 214 g/mol. The molecule has 4 nitrogen and oxygen atoms in total. The van der Waals surface area contributed by atoms with Gasteiger partial charge in [-0.2, -0.15) is 0 Å². The zero-order valence-electron chi connectivity index (χ0n) is 11.1. The predicted octanol–water partition coefficient (Wildman–Crippen LogP) is 0.127. The molecule has 4 heteroatoms. The van der Waals surface area contributed by atoms with Gasteiger partial charge >= 0.3 is 0 Å². The van der Waals surface area contributed by atoms with Crippen LogP contribution in [0.2, 0.25) is 0 Å². The maximum absolute atomic E-state index is 9.35. The number of nitrogens with one attached hydrogen (secondary N) is 1. The Kier molecular flexibility index (Phi) is 5.22. The fraction of sp³-hybridized carbons (Fsp3) is 1.00. The Morgan fingerprint density at radius 2 is 2.12 bits per heavy atom. The third kappa shape index (κ3) is 3.65.